The van der Waals surface area contributed by atoms with Crippen LogP contribution in [0.5, 0.6) is 17.4 Å². The maximum absolute atomic E-state index is 13.9. The maximum Gasteiger partial charge on any atom is 0.227 e. The first-order chi connectivity index (χ1) is 22.8. The number of carbonyl (C=O) groups is 1. The van der Waals surface area contributed by atoms with Gasteiger partial charge in [0.15, 0.2) is 5.75 Å². The van der Waals surface area contributed by atoms with E-state index in [4.69, 9.17) is 52.9 Å². The Bertz CT molecular complexity index is 1400. The molecule has 1 unspecified atom stereocenters. The molecule has 1 amide bonds. The van der Waals surface area contributed by atoms with Crippen molar-refractivity contribution in [2.75, 3.05) is 52.1 Å². The summed E-state index contributed by atoms with van der Waals surface area (Å²) in [5, 5.41) is 0.950. The molecule has 1 saturated carbocycles. The normalized spacial score (nSPS) is 13.3. The minimum Gasteiger partial charge on any atom is -0.490 e. The van der Waals surface area contributed by atoms with E-state index >= 15 is 0 Å². The van der Waals surface area contributed by atoms with Crippen LogP contribution in [-0.4, -0.2) is 73.9 Å². The molecule has 0 bridgehead atoms. The zero-order valence-electron chi connectivity index (χ0n) is 27.6. The smallest absolute Gasteiger partial charge is 0.227 e. The number of nitrogens with zero attached hydrogens (tertiary/aromatic N) is 2. The molecule has 256 valence electrons. The van der Waals surface area contributed by atoms with Gasteiger partial charge in [-0.15, -0.1) is 0 Å². The number of benzene rings is 2. The lowest BCUT2D eigenvalue weighted by Gasteiger charge is -2.27. The quantitative estimate of drug-likeness (QED) is 0.117. The minimum atomic E-state index is -0.329. The second kappa shape index (κ2) is 19.3. The summed E-state index contributed by atoms with van der Waals surface area (Å²) in [5.41, 5.74) is 10.2. The topological polar surface area (TPSA) is 96.1 Å². The predicted molar refractivity (Wildman–Crippen MR) is 191 cm³/mol. The average molecular weight is 705 g/mol. The van der Waals surface area contributed by atoms with Crippen molar-refractivity contribution in [3.8, 4) is 17.4 Å². The van der Waals surface area contributed by atoms with E-state index in [2.05, 4.69) is 12.3 Å². The Balaban J connectivity index is 1.35. The number of aryl methyl sites for hydroxylation is 2. The molecule has 1 aliphatic rings. The van der Waals surface area contributed by atoms with Crippen LogP contribution in [0.1, 0.15) is 48.1 Å². The van der Waals surface area contributed by atoms with Crippen LogP contribution >= 0.6 is 35.0 Å². The average Bonchev–Trinajstić information content (AvgIpc) is 3.90. The summed E-state index contributed by atoms with van der Waals surface area (Å²) >= 11 is 14.3. The molecular formula is C36H47Cl2N3O5S. The number of hydrogen-bond acceptors (Lipinski definition) is 8. The fourth-order valence-electron chi connectivity index (χ4n) is 5.30. The molecule has 1 fully saturated rings. The Labute approximate surface area is 293 Å². The lowest BCUT2D eigenvalue weighted by molar-refractivity contribution is -0.136. The Morgan fingerprint density at radius 2 is 1.70 bits per heavy atom. The molecule has 11 heteroatoms. The Kier molecular flexibility index (Phi) is 15.3. The van der Waals surface area contributed by atoms with Crippen molar-refractivity contribution < 1.29 is 23.7 Å². The summed E-state index contributed by atoms with van der Waals surface area (Å²) in [6, 6.07) is 15.7. The predicted octanol–water partition coefficient (Wildman–Crippen LogP) is 7.17. The second-order valence-corrected chi connectivity index (χ2v) is 13.6. The van der Waals surface area contributed by atoms with Crippen molar-refractivity contribution in [1.29, 1.82) is 0 Å². The molecule has 1 atom stereocenters. The molecule has 1 heterocycles. The third-order valence-corrected chi connectivity index (χ3v) is 9.10. The Hall–Kier alpha value is -2.69. The molecular weight excluding hydrogens is 657 g/mol. The number of ether oxygens (including phenoxy) is 4. The van der Waals surface area contributed by atoms with E-state index in [0.717, 1.165) is 60.2 Å². The van der Waals surface area contributed by atoms with Crippen LogP contribution < -0.4 is 19.9 Å². The van der Waals surface area contributed by atoms with Gasteiger partial charge in [0.25, 0.3) is 0 Å². The van der Waals surface area contributed by atoms with E-state index in [1.54, 1.807) is 18.9 Å². The third-order valence-electron chi connectivity index (χ3n) is 7.84. The number of rotatable bonds is 21. The van der Waals surface area contributed by atoms with Gasteiger partial charge in [0, 0.05) is 44.6 Å². The molecule has 47 heavy (non-hydrogen) atoms. The van der Waals surface area contributed by atoms with E-state index in [9.17, 15) is 4.79 Å². The highest BCUT2D eigenvalue weighted by molar-refractivity contribution is 7.98. The number of pyridine rings is 1. The SMILES string of the molecule is COCCCc1cc(CN(C(=O)C(CN)Cc2ccc(OCCOc3c(Cl)cc(C)cc3Cl)cc2)C2CC2)cc(OCCCSC)n1. The molecule has 0 saturated heterocycles. The van der Waals surface area contributed by atoms with Crippen LogP contribution in [0.3, 0.4) is 0 Å². The number of thioether (sulfide) groups is 1. The van der Waals surface area contributed by atoms with Gasteiger partial charge in [-0.3, -0.25) is 4.79 Å². The van der Waals surface area contributed by atoms with Crippen molar-refractivity contribution in [1.82, 2.24) is 9.88 Å². The highest BCUT2D eigenvalue weighted by atomic mass is 35.5. The number of halogens is 2. The van der Waals surface area contributed by atoms with E-state index in [1.165, 1.54) is 0 Å². The van der Waals surface area contributed by atoms with Crippen LogP contribution in [0.4, 0.5) is 0 Å². The van der Waals surface area contributed by atoms with Crippen LogP contribution in [0.15, 0.2) is 48.5 Å². The summed E-state index contributed by atoms with van der Waals surface area (Å²) in [7, 11) is 1.71. The first-order valence-corrected chi connectivity index (χ1v) is 18.4. The molecule has 0 aliphatic heterocycles. The number of nitrogens with two attached hydrogens (primary N) is 1. The molecule has 2 N–H and O–H groups in total. The molecule has 1 aliphatic carbocycles. The highest BCUT2D eigenvalue weighted by Gasteiger charge is 2.35. The van der Waals surface area contributed by atoms with E-state index in [0.29, 0.717) is 66.8 Å². The van der Waals surface area contributed by atoms with Crippen molar-refractivity contribution in [2.24, 2.45) is 11.7 Å². The molecule has 0 radical (unpaired) electrons. The second-order valence-electron chi connectivity index (χ2n) is 11.8. The molecule has 4 rings (SSSR count). The molecule has 2 aromatic carbocycles. The largest absolute Gasteiger partial charge is 0.490 e. The molecule has 0 spiro atoms. The number of carbonyl (C=O) groups excluding carboxylic acids is 1. The standard InChI is InChI=1S/C36H47Cl2N3O5S/c1-25-18-32(37)35(33(38)19-25)46-16-15-44-31-11-7-26(8-12-31)20-28(23-39)36(42)41(30-9-10-30)24-27-21-29(6-4-13-43-2)40-34(22-27)45-14-5-17-47-3/h7-8,11-12,18-19,21-22,28,30H,4-6,9-10,13-17,20,23-24,39H2,1-3H3. The molecule has 1 aromatic heterocycles. The van der Waals surface area contributed by atoms with Crippen LogP contribution in [0.25, 0.3) is 0 Å². The van der Waals surface area contributed by atoms with Crippen LogP contribution in [0.2, 0.25) is 10.0 Å². The molecule has 3 aromatic rings. The zero-order chi connectivity index (χ0) is 33.6. The highest BCUT2D eigenvalue weighted by Crippen LogP contribution is 2.34. The van der Waals surface area contributed by atoms with Gasteiger partial charge < -0.3 is 29.6 Å². The number of hydrogen-bond donors (Lipinski definition) is 1. The van der Waals surface area contributed by atoms with Gasteiger partial charge in [-0.1, -0.05) is 35.3 Å². The number of methoxy groups -OCH3 is 1. The summed E-state index contributed by atoms with van der Waals surface area (Å²) < 4.78 is 22.9. The monoisotopic (exact) mass is 703 g/mol. The van der Waals surface area contributed by atoms with Gasteiger partial charge >= 0.3 is 0 Å². The Morgan fingerprint density at radius 3 is 2.36 bits per heavy atom. The number of aromatic nitrogens is 1. The van der Waals surface area contributed by atoms with Gasteiger partial charge in [0.2, 0.25) is 11.8 Å². The first-order valence-electron chi connectivity index (χ1n) is 16.2. The van der Waals surface area contributed by atoms with Gasteiger partial charge in [-0.05, 0) is 104 Å². The fourth-order valence-corrected chi connectivity index (χ4v) is 6.41. The first kappa shape index (κ1) is 37.1. The summed E-state index contributed by atoms with van der Waals surface area (Å²) in [6.45, 7) is 4.61. The lowest BCUT2D eigenvalue weighted by Crippen LogP contribution is -2.41. The van der Waals surface area contributed by atoms with Crippen LogP contribution in [-0.2, 0) is 28.9 Å². The Morgan fingerprint density at radius 1 is 0.979 bits per heavy atom. The summed E-state index contributed by atoms with van der Waals surface area (Å²) in [6.07, 6.45) is 7.26. The van der Waals surface area contributed by atoms with Crippen molar-refractivity contribution in [3.63, 3.8) is 0 Å². The summed E-state index contributed by atoms with van der Waals surface area (Å²) in [4.78, 5) is 20.7. The van der Waals surface area contributed by atoms with Gasteiger partial charge in [-0.2, -0.15) is 11.8 Å². The zero-order valence-corrected chi connectivity index (χ0v) is 30.0. The van der Waals surface area contributed by atoms with Gasteiger partial charge in [0.05, 0.1) is 22.6 Å². The van der Waals surface area contributed by atoms with Gasteiger partial charge in [-0.25, -0.2) is 4.98 Å². The number of amides is 1. The minimum absolute atomic E-state index is 0.0843. The maximum atomic E-state index is 13.9. The third kappa shape index (κ3) is 12.1. The lowest BCUT2D eigenvalue weighted by atomic mass is 9.97. The van der Waals surface area contributed by atoms with Crippen molar-refractivity contribution in [2.45, 2.75) is 58.0 Å². The van der Waals surface area contributed by atoms with E-state index < -0.39 is 0 Å². The van der Waals surface area contributed by atoms with Crippen molar-refractivity contribution in [3.05, 3.63) is 81.0 Å². The van der Waals surface area contributed by atoms with E-state index in [-0.39, 0.29) is 24.4 Å². The van der Waals surface area contributed by atoms with E-state index in [1.807, 2.05) is 54.3 Å². The summed E-state index contributed by atoms with van der Waals surface area (Å²) in [5.74, 6) is 2.57. The van der Waals surface area contributed by atoms with Crippen molar-refractivity contribution >= 4 is 40.9 Å². The van der Waals surface area contributed by atoms with Crippen LogP contribution in [0, 0.1) is 12.8 Å². The fraction of sp³-hybridized carbons (Fsp3) is 0.500. The van der Waals surface area contributed by atoms with Gasteiger partial charge in [0.1, 0.15) is 19.0 Å². The molecule has 8 nitrogen and oxygen atoms in total.